The lowest BCUT2D eigenvalue weighted by Gasteiger charge is -2.09. The minimum Gasteiger partial charge on any atom is -0.339 e. The van der Waals surface area contributed by atoms with Gasteiger partial charge in [-0.3, -0.25) is 0 Å². The minimum absolute atomic E-state index is 0.00975. The molecule has 96 valence electrons. The van der Waals surface area contributed by atoms with Gasteiger partial charge in [0.15, 0.2) is 5.82 Å². The highest BCUT2D eigenvalue weighted by Gasteiger charge is 2.17. The predicted octanol–water partition coefficient (Wildman–Crippen LogP) is 2.76. The minimum atomic E-state index is -0.00975. The maximum Gasteiger partial charge on any atom is 0.231 e. The summed E-state index contributed by atoms with van der Waals surface area (Å²) in [6, 6.07) is 7.61. The Bertz CT molecular complexity index is 524. The molecular formula is C13H16ClN3O. The van der Waals surface area contributed by atoms with Crippen molar-refractivity contribution in [3.8, 4) is 0 Å². The van der Waals surface area contributed by atoms with E-state index in [4.69, 9.17) is 21.9 Å². The van der Waals surface area contributed by atoms with Gasteiger partial charge in [-0.1, -0.05) is 35.8 Å². The van der Waals surface area contributed by atoms with Crippen molar-refractivity contribution in [3.05, 3.63) is 46.6 Å². The number of rotatable bonds is 4. The zero-order valence-electron chi connectivity index (χ0n) is 10.4. The van der Waals surface area contributed by atoms with E-state index in [0.717, 1.165) is 5.56 Å². The molecule has 0 saturated heterocycles. The fourth-order valence-electron chi connectivity index (χ4n) is 1.58. The predicted molar refractivity (Wildman–Crippen MR) is 70.6 cm³/mol. The molecule has 2 aromatic rings. The van der Waals surface area contributed by atoms with E-state index in [0.29, 0.717) is 23.2 Å². The van der Waals surface area contributed by atoms with Crippen molar-refractivity contribution in [1.82, 2.24) is 10.1 Å². The number of hydrogen-bond donors (Lipinski definition) is 1. The van der Waals surface area contributed by atoms with Gasteiger partial charge in [0.25, 0.3) is 0 Å². The van der Waals surface area contributed by atoms with Crippen molar-refractivity contribution in [2.75, 3.05) is 0 Å². The second-order valence-electron chi connectivity index (χ2n) is 4.50. The highest BCUT2D eigenvalue weighted by molar-refractivity contribution is 6.30. The number of benzene rings is 1. The van der Waals surface area contributed by atoms with E-state index in [9.17, 15) is 0 Å². The number of aromatic nitrogens is 2. The van der Waals surface area contributed by atoms with Gasteiger partial charge in [0.1, 0.15) is 0 Å². The second-order valence-corrected chi connectivity index (χ2v) is 4.94. The average Bonchev–Trinajstić information content (AvgIpc) is 2.76. The third-order valence-electron chi connectivity index (χ3n) is 2.91. The molecule has 0 saturated carbocycles. The molecule has 0 bridgehead atoms. The molecule has 1 heterocycles. The van der Waals surface area contributed by atoms with Crippen LogP contribution in [-0.4, -0.2) is 16.2 Å². The summed E-state index contributed by atoms with van der Waals surface area (Å²) in [4.78, 5) is 4.36. The molecule has 0 amide bonds. The maximum atomic E-state index is 5.93. The standard InChI is InChI=1S/C13H16ClN3O/c1-8(9(2)15)13-16-12(17-18-13)7-10-4-3-5-11(14)6-10/h3-6,8-9H,7,15H2,1-2H3. The van der Waals surface area contributed by atoms with Crippen LogP contribution in [0.5, 0.6) is 0 Å². The highest BCUT2D eigenvalue weighted by Crippen LogP contribution is 2.18. The third kappa shape index (κ3) is 3.09. The Balaban J connectivity index is 2.11. The van der Waals surface area contributed by atoms with Gasteiger partial charge in [0.05, 0.1) is 5.92 Å². The summed E-state index contributed by atoms with van der Waals surface area (Å²) in [5, 5.41) is 4.67. The van der Waals surface area contributed by atoms with Crippen LogP contribution < -0.4 is 5.73 Å². The summed E-state index contributed by atoms with van der Waals surface area (Å²) in [7, 11) is 0. The zero-order valence-corrected chi connectivity index (χ0v) is 11.2. The molecule has 0 aliphatic carbocycles. The van der Waals surface area contributed by atoms with Crippen LogP contribution in [0.15, 0.2) is 28.8 Å². The molecule has 2 atom stereocenters. The summed E-state index contributed by atoms with van der Waals surface area (Å²) in [5.41, 5.74) is 6.86. The van der Waals surface area contributed by atoms with E-state index in [1.54, 1.807) is 0 Å². The van der Waals surface area contributed by atoms with Crippen molar-refractivity contribution >= 4 is 11.6 Å². The van der Waals surface area contributed by atoms with Crippen molar-refractivity contribution in [2.24, 2.45) is 5.73 Å². The van der Waals surface area contributed by atoms with Gasteiger partial charge >= 0.3 is 0 Å². The molecule has 0 radical (unpaired) electrons. The first kappa shape index (κ1) is 13.1. The van der Waals surface area contributed by atoms with Crippen molar-refractivity contribution in [3.63, 3.8) is 0 Å². The number of hydrogen-bond acceptors (Lipinski definition) is 4. The fraction of sp³-hybridized carbons (Fsp3) is 0.385. The second kappa shape index (κ2) is 5.50. The Morgan fingerprint density at radius 1 is 1.39 bits per heavy atom. The van der Waals surface area contributed by atoms with Crippen LogP contribution in [0.2, 0.25) is 5.02 Å². The summed E-state index contributed by atoms with van der Waals surface area (Å²) >= 11 is 5.93. The summed E-state index contributed by atoms with van der Waals surface area (Å²) < 4.78 is 5.22. The number of nitrogens with zero attached hydrogens (tertiary/aromatic N) is 2. The van der Waals surface area contributed by atoms with Gasteiger partial charge in [-0.15, -0.1) is 0 Å². The molecule has 18 heavy (non-hydrogen) atoms. The molecule has 0 spiro atoms. The van der Waals surface area contributed by atoms with Crippen LogP contribution in [-0.2, 0) is 6.42 Å². The van der Waals surface area contributed by atoms with Gasteiger partial charge in [0.2, 0.25) is 5.89 Å². The van der Waals surface area contributed by atoms with E-state index in [2.05, 4.69) is 10.1 Å². The molecule has 0 aliphatic rings. The number of nitrogens with two attached hydrogens (primary N) is 1. The van der Waals surface area contributed by atoms with Gasteiger partial charge in [0, 0.05) is 17.5 Å². The Morgan fingerprint density at radius 2 is 2.17 bits per heavy atom. The SMILES string of the molecule is CC(N)C(C)c1nc(Cc2cccc(Cl)c2)no1. The van der Waals surface area contributed by atoms with Crippen molar-refractivity contribution in [1.29, 1.82) is 0 Å². The fourth-order valence-corrected chi connectivity index (χ4v) is 1.79. The van der Waals surface area contributed by atoms with E-state index < -0.39 is 0 Å². The van der Waals surface area contributed by atoms with Gasteiger partial charge < -0.3 is 10.3 Å². The van der Waals surface area contributed by atoms with Crippen LogP contribution in [0.25, 0.3) is 0 Å². The van der Waals surface area contributed by atoms with E-state index in [1.165, 1.54) is 0 Å². The molecule has 0 aliphatic heterocycles. The maximum absolute atomic E-state index is 5.93. The van der Waals surface area contributed by atoms with Crippen LogP contribution in [0.1, 0.15) is 37.0 Å². The van der Waals surface area contributed by atoms with Crippen LogP contribution in [0.4, 0.5) is 0 Å². The van der Waals surface area contributed by atoms with Gasteiger partial charge in [-0.05, 0) is 24.6 Å². The molecule has 1 aromatic carbocycles. The average molecular weight is 266 g/mol. The first-order valence-electron chi connectivity index (χ1n) is 5.89. The molecule has 0 fully saturated rings. The largest absolute Gasteiger partial charge is 0.339 e. The molecule has 4 nitrogen and oxygen atoms in total. The van der Waals surface area contributed by atoms with Crippen LogP contribution >= 0.6 is 11.6 Å². The summed E-state index contributed by atoms with van der Waals surface area (Å²) in [6.45, 7) is 3.90. The molecule has 2 N–H and O–H groups in total. The first-order chi connectivity index (χ1) is 8.56. The molecule has 2 rings (SSSR count). The molecular weight excluding hydrogens is 250 g/mol. The van der Waals surface area contributed by atoms with Crippen LogP contribution in [0.3, 0.4) is 0 Å². The monoisotopic (exact) mass is 265 g/mol. The van der Waals surface area contributed by atoms with E-state index in [1.807, 2.05) is 38.1 Å². The highest BCUT2D eigenvalue weighted by atomic mass is 35.5. The smallest absolute Gasteiger partial charge is 0.231 e. The number of halogens is 1. The quantitative estimate of drug-likeness (QED) is 0.923. The lowest BCUT2D eigenvalue weighted by atomic mass is 10.1. The first-order valence-corrected chi connectivity index (χ1v) is 6.26. The topological polar surface area (TPSA) is 64.9 Å². The lowest BCUT2D eigenvalue weighted by Crippen LogP contribution is -2.22. The normalized spacial score (nSPS) is 14.4. The molecule has 5 heteroatoms. The van der Waals surface area contributed by atoms with Gasteiger partial charge in [-0.25, -0.2) is 0 Å². The Hall–Kier alpha value is -1.39. The Kier molecular flexibility index (Phi) is 3.99. The van der Waals surface area contributed by atoms with Gasteiger partial charge in [-0.2, -0.15) is 4.98 Å². The lowest BCUT2D eigenvalue weighted by molar-refractivity contribution is 0.343. The summed E-state index contributed by atoms with van der Waals surface area (Å²) in [6.07, 6.45) is 0.607. The van der Waals surface area contributed by atoms with Crippen LogP contribution in [0, 0.1) is 0 Å². The summed E-state index contributed by atoms with van der Waals surface area (Å²) in [5.74, 6) is 1.30. The Morgan fingerprint density at radius 3 is 2.83 bits per heavy atom. The zero-order chi connectivity index (χ0) is 13.1. The third-order valence-corrected chi connectivity index (χ3v) is 3.15. The molecule has 2 unspecified atom stereocenters. The molecule has 1 aromatic heterocycles. The van der Waals surface area contributed by atoms with Crippen molar-refractivity contribution < 1.29 is 4.52 Å². The van der Waals surface area contributed by atoms with E-state index in [-0.39, 0.29) is 12.0 Å². The van der Waals surface area contributed by atoms with E-state index >= 15 is 0 Å². The van der Waals surface area contributed by atoms with Crippen molar-refractivity contribution in [2.45, 2.75) is 32.2 Å². The Labute approximate surface area is 111 Å².